The van der Waals surface area contributed by atoms with Crippen LogP contribution in [0.3, 0.4) is 0 Å². The summed E-state index contributed by atoms with van der Waals surface area (Å²) in [6, 6.07) is 0.469. The quantitative estimate of drug-likeness (QED) is 0.832. The monoisotopic (exact) mass is 286 g/mol. The van der Waals surface area contributed by atoms with Crippen LogP contribution in [0, 0.1) is 17.2 Å². The number of carbonyl (C=O) groups is 1. The Hall–Kier alpha value is -1.13. The Kier molecular flexibility index (Phi) is 3.83. The summed E-state index contributed by atoms with van der Waals surface area (Å²) in [5, 5.41) is 16.9. The first-order valence-electron chi connectivity index (χ1n) is 6.54. The van der Waals surface area contributed by atoms with Crippen LogP contribution in [0.15, 0.2) is 0 Å². The average Bonchev–Trinajstić information content (AvgIpc) is 2.77. The molecule has 0 spiro atoms. The van der Waals surface area contributed by atoms with Gasteiger partial charge in [0, 0.05) is 6.04 Å². The molecule has 0 aromatic rings. The average molecular weight is 286 g/mol. The van der Waals surface area contributed by atoms with Crippen molar-refractivity contribution in [2.75, 3.05) is 0 Å². The molecule has 1 aliphatic carbocycles. The minimum absolute atomic E-state index is 0.121. The number of hydrogen-bond acceptors (Lipinski definition) is 4. The molecule has 7 heteroatoms. The van der Waals surface area contributed by atoms with Crippen molar-refractivity contribution >= 4 is 16.0 Å². The van der Waals surface area contributed by atoms with Crippen molar-refractivity contribution in [3.8, 4) is 6.07 Å². The molecule has 19 heavy (non-hydrogen) atoms. The van der Waals surface area contributed by atoms with Gasteiger partial charge in [0.15, 0.2) is 5.25 Å². The molecule has 2 fully saturated rings. The fraction of sp³-hybridized carbons (Fsp3) is 0.833. The third-order valence-corrected chi connectivity index (χ3v) is 6.35. The van der Waals surface area contributed by atoms with Gasteiger partial charge in [-0.25, -0.2) is 8.42 Å². The lowest BCUT2D eigenvalue weighted by Gasteiger charge is -2.32. The summed E-state index contributed by atoms with van der Waals surface area (Å²) in [6.45, 7) is 1.31. The topological polar surface area (TPSA) is 98.5 Å². The van der Waals surface area contributed by atoms with E-state index in [4.69, 9.17) is 5.26 Å². The largest absolute Gasteiger partial charge is 0.480 e. The van der Waals surface area contributed by atoms with Crippen molar-refractivity contribution in [3.63, 3.8) is 0 Å². The Morgan fingerprint density at radius 1 is 1.42 bits per heavy atom. The molecule has 106 valence electrons. The van der Waals surface area contributed by atoms with Crippen LogP contribution >= 0.6 is 0 Å². The summed E-state index contributed by atoms with van der Waals surface area (Å²) in [4.78, 5) is 11.3. The molecule has 0 aromatic heterocycles. The first-order chi connectivity index (χ1) is 8.89. The first-order valence-corrected chi connectivity index (χ1v) is 8.04. The Labute approximate surface area is 113 Å². The third-order valence-electron chi connectivity index (χ3n) is 4.24. The molecule has 1 saturated heterocycles. The Balaban J connectivity index is 2.39. The molecule has 2 rings (SSSR count). The van der Waals surface area contributed by atoms with Gasteiger partial charge in [-0.3, -0.25) is 4.79 Å². The summed E-state index contributed by atoms with van der Waals surface area (Å²) in [5.74, 6) is -0.987. The molecule has 1 N–H and O–H groups in total. The van der Waals surface area contributed by atoms with Crippen LogP contribution in [0.5, 0.6) is 0 Å². The molecule has 1 saturated carbocycles. The van der Waals surface area contributed by atoms with Crippen LogP contribution < -0.4 is 0 Å². The molecule has 1 heterocycles. The van der Waals surface area contributed by atoms with Crippen LogP contribution in [0.1, 0.15) is 39.0 Å². The van der Waals surface area contributed by atoms with Gasteiger partial charge in [-0.05, 0) is 32.1 Å². The zero-order valence-electron chi connectivity index (χ0n) is 10.8. The van der Waals surface area contributed by atoms with Gasteiger partial charge >= 0.3 is 5.97 Å². The molecule has 0 aromatic carbocycles. The standard InChI is InChI=1S/C12H18N2O4S/c1-8(7-13)19(17,18)14-10-5-3-2-4-9(10)6-11(14)12(15)16/h8-11H,2-6H2,1H3,(H,15,16). The van der Waals surface area contributed by atoms with Crippen molar-refractivity contribution in [3.05, 3.63) is 0 Å². The number of hydrogen-bond donors (Lipinski definition) is 1. The van der Waals surface area contributed by atoms with Crippen molar-refractivity contribution in [1.29, 1.82) is 5.26 Å². The number of carboxylic acid groups (broad SMARTS) is 1. The molecule has 2 aliphatic rings. The van der Waals surface area contributed by atoms with Gasteiger partial charge in [0.25, 0.3) is 0 Å². The predicted molar refractivity (Wildman–Crippen MR) is 67.6 cm³/mol. The lowest BCUT2D eigenvalue weighted by Crippen LogP contribution is -2.49. The summed E-state index contributed by atoms with van der Waals surface area (Å²) < 4.78 is 25.9. The van der Waals surface area contributed by atoms with Gasteiger partial charge < -0.3 is 5.11 Å². The number of carboxylic acids is 1. The molecule has 4 atom stereocenters. The second-order valence-electron chi connectivity index (χ2n) is 5.35. The maximum absolute atomic E-state index is 12.4. The smallest absolute Gasteiger partial charge is 0.322 e. The lowest BCUT2D eigenvalue weighted by molar-refractivity contribution is -0.141. The van der Waals surface area contributed by atoms with E-state index in [9.17, 15) is 18.3 Å². The zero-order valence-corrected chi connectivity index (χ0v) is 11.6. The van der Waals surface area contributed by atoms with Gasteiger partial charge in [0.05, 0.1) is 6.07 Å². The maximum atomic E-state index is 12.4. The minimum atomic E-state index is -3.86. The second kappa shape index (κ2) is 5.10. The SMILES string of the molecule is CC(C#N)S(=O)(=O)N1C(C(=O)O)CC2CCCCC21. The molecule has 1 aliphatic heterocycles. The van der Waals surface area contributed by atoms with Gasteiger partial charge in [-0.15, -0.1) is 0 Å². The van der Waals surface area contributed by atoms with Crippen LogP contribution in [-0.2, 0) is 14.8 Å². The summed E-state index contributed by atoms with van der Waals surface area (Å²) in [7, 11) is -3.86. The molecule has 6 nitrogen and oxygen atoms in total. The van der Waals surface area contributed by atoms with Gasteiger partial charge in [-0.1, -0.05) is 12.8 Å². The van der Waals surface area contributed by atoms with Crippen LogP contribution in [0.4, 0.5) is 0 Å². The summed E-state index contributed by atoms with van der Waals surface area (Å²) in [5.41, 5.74) is 0. The Bertz CT molecular complexity index is 510. The van der Waals surface area contributed by atoms with Crippen molar-refractivity contribution in [2.45, 2.75) is 56.4 Å². The van der Waals surface area contributed by atoms with Gasteiger partial charge in [0.1, 0.15) is 6.04 Å². The Morgan fingerprint density at radius 2 is 2.05 bits per heavy atom. The zero-order chi connectivity index (χ0) is 14.2. The predicted octanol–water partition coefficient (Wildman–Crippen LogP) is 0.946. The van der Waals surface area contributed by atoms with E-state index in [1.807, 2.05) is 0 Å². The van der Waals surface area contributed by atoms with E-state index in [0.29, 0.717) is 12.8 Å². The van der Waals surface area contributed by atoms with E-state index in [-0.39, 0.29) is 12.0 Å². The fourth-order valence-corrected chi connectivity index (χ4v) is 4.93. The van der Waals surface area contributed by atoms with E-state index in [2.05, 4.69) is 0 Å². The molecular weight excluding hydrogens is 268 g/mol. The van der Waals surface area contributed by atoms with E-state index in [1.54, 1.807) is 6.07 Å². The highest BCUT2D eigenvalue weighted by atomic mass is 32.2. The van der Waals surface area contributed by atoms with Crippen molar-refractivity contribution in [1.82, 2.24) is 4.31 Å². The van der Waals surface area contributed by atoms with E-state index >= 15 is 0 Å². The number of sulfonamides is 1. The van der Waals surface area contributed by atoms with E-state index in [1.165, 1.54) is 6.92 Å². The van der Waals surface area contributed by atoms with E-state index in [0.717, 1.165) is 23.6 Å². The van der Waals surface area contributed by atoms with E-state index < -0.39 is 27.3 Å². The first kappa shape index (κ1) is 14.3. The van der Waals surface area contributed by atoms with Crippen LogP contribution in [0.25, 0.3) is 0 Å². The highest BCUT2D eigenvalue weighted by Gasteiger charge is 2.51. The molecule has 4 unspecified atom stereocenters. The molecular formula is C12H18N2O4S. The highest BCUT2D eigenvalue weighted by molar-refractivity contribution is 7.90. The molecule has 0 bridgehead atoms. The number of nitrogens with zero attached hydrogens (tertiary/aromatic N) is 2. The van der Waals surface area contributed by atoms with Crippen LogP contribution in [-0.4, -0.2) is 41.1 Å². The van der Waals surface area contributed by atoms with Crippen LogP contribution in [0.2, 0.25) is 0 Å². The normalized spacial score (nSPS) is 33.4. The minimum Gasteiger partial charge on any atom is -0.480 e. The lowest BCUT2D eigenvalue weighted by atomic mass is 9.85. The van der Waals surface area contributed by atoms with Crippen molar-refractivity contribution < 1.29 is 18.3 Å². The van der Waals surface area contributed by atoms with Crippen molar-refractivity contribution in [2.24, 2.45) is 5.92 Å². The second-order valence-corrected chi connectivity index (χ2v) is 7.51. The highest BCUT2D eigenvalue weighted by Crippen LogP contribution is 2.42. The number of nitriles is 1. The summed E-state index contributed by atoms with van der Waals surface area (Å²) >= 11 is 0. The number of fused-ring (bicyclic) bond motifs is 1. The third kappa shape index (κ3) is 2.35. The number of aliphatic carboxylic acids is 1. The maximum Gasteiger partial charge on any atom is 0.322 e. The Morgan fingerprint density at radius 3 is 2.63 bits per heavy atom. The molecule has 0 radical (unpaired) electrons. The number of rotatable bonds is 3. The van der Waals surface area contributed by atoms with Gasteiger partial charge in [0.2, 0.25) is 10.0 Å². The van der Waals surface area contributed by atoms with Gasteiger partial charge in [-0.2, -0.15) is 9.57 Å². The molecule has 0 amide bonds. The summed E-state index contributed by atoms with van der Waals surface area (Å²) in [6.07, 6.45) is 3.89. The fourth-order valence-electron chi connectivity index (χ4n) is 3.24.